The highest BCUT2D eigenvalue weighted by Gasteiger charge is 2.07. The van der Waals surface area contributed by atoms with Crippen LogP contribution < -0.4 is 9.47 Å². The monoisotopic (exact) mass is 345 g/mol. The van der Waals surface area contributed by atoms with Gasteiger partial charge in [-0.05, 0) is 42.0 Å². The Morgan fingerprint density at radius 3 is 2.75 bits per heavy atom. The Bertz CT molecular complexity index is 827. The van der Waals surface area contributed by atoms with Crippen molar-refractivity contribution in [2.45, 2.75) is 0 Å². The molecule has 0 heterocycles. The first-order valence-corrected chi connectivity index (χ1v) is 7.28. The number of nitriles is 1. The van der Waals surface area contributed by atoms with Crippen LogP contribution in [0.25, 0.3) is 6.08 Å². The number of carbonyl (C=O) groups excluding carboxylic acids is 1. The van der Waals surface area contributed by atoms with Gasteiger partial charge in [0.2, 0.25) is 0 Å². The normalized spacial score (nSPS) is 10.4. The minimum Gasteiger partial charge on any atom is -0.493 e. The van der Waals surface area contributed by atoms with Crippen molar-refractivity contribution in [2.75, 3.05) is 13.7 Å². The Morgan fingerprint density at radius 1 is 1.29 bits per heavy atom. The van der Waals surface area contributed by atoms with Gasteiger partial charge in [-0.25, -0.2) is 4.39 Å². The summed E-state index contributed by atoms with van der Waals surface area (Å²) >= 11 is 5.67. The van der Waals surface area contributed by atoms with Gasteiger partial charge in [0.15, 0.2) is 23.9 Å². The SMILES string of the molecule is COc1cc(C=CC(=O)c2ccc(F)c(Cl)c2)ccc1OCC#N. The Kier molecular flexibility index (Phi) is 5.94. The second kappa shape index (κ2) is 8.14. The molecule has 2 rings (SSSR count). The van der Waals surface area contributed by atoms with E-state index in [1.54, 1.807) is 24.3 Å². The fourth-order valence-electron chi connectivity index (χ4n) is 1.93. The molecule has 0 aliphatic rings. The third-order valence-electron chi connectivity index (χ3n) is 3.11. The van der Waals surface area contributed by atoms with Crippen LogP contribution in [0.1, 0.15) is 15.9 Å². The number of nitrogens with zero attached hydrogens (tertiary/aromatic N) is 1. The number of ether oxygens (including phenoxy) is 2. The van der Waals surface area contributed by atoms with E-state index < -0.39 is 5.82 Å². The number of hydrogen-bond donors (Lipinski definition) is 0. The van der Waals surface area contributed by atoms with Crippen LogP contribution >= 0.6 is 11.6 Å². The number of rotatable bonds is 6. The first-order chi connectivity index (χ1) is 11.5. The molecule has 0 saturated heterocycles. The van der Waals surface area contributed by atoms with E-state index in [4.69, 9.17) is 26.3 Å². The zero-order valence-electron chi connectivity index (χ0n) is 12.8. The molecule has 0 bridgehead atoms. The topological polar surface area (TPSA) is 59.3 Å². The van der Waals surface area contributed by atoms with Crippen LogP contribution in [0.3, 0.4) is 0 Å². The molecule has 0 saturated carbocycles. The van der Waals surface area contributed by atoms with E-state index in [2.05, 4.69) is 0 Å². The lowest BCUT2D eigenvalue weighted by Gasteiger charge is -2.08. The molecule has 0 aliphatic carbocycles. The average molecular weight is 346 g/mol. The van der Waals surface area contributed by atoms with Crippen LogP contribution in [0.5, 0.6) is 11.5 Å². The minimum atomic E-state index is -0.574. The maximum atomic E-state index is 13.1. The summed E-state index contributed by atoms with van der Waals surface area (Å²) in [6.07, 6.45) is 2.95. The number of carbonyl (C=O) groups is 1. The van der Waals surface area contributed by atoms with Crippen molar-refractivity contribution >= 4 is 23.5 Å². The summed E-state index contributed by atoms with van der Waals surface area (Å²) in [5.41, 5.74) is 0.997. The van der Waals surface area contributed by atoms with E-state index >= 15 is 0 Å². The summed E-state index contributed by atoms with van der Waals surface area (Å²) in [6.45, 7) is -0.0879. The van der Waals surface area contributed by atoms with Gasteiger partial charge in [0.25, 0.3) is 0 Å². The summed E-state index contributed by atoms with van der Waals surface area (Å²) in [5.74, 6) is 0.00748. The molecule has 0 amide bonds. The van der Waals surface area contributed by atoms with E-state index in [-0.39, 0.29) is 17.4 Å². The van der Waals surface area contributed by atoms with Gasteiger partial charge in [-0.1, -0.05) is 23.7 Å². The molecule has 6 heteroatoms. The molecule has 0 aromatic heterocycles. The van der Waals surface area contributed by atoms with Crippen molar-refractivity contribution in [3.63, 3.8) is 0 Å². The molecule has 24 heavy (non-hydrogen) atoms. The summed E-state index contributed by atoms with van der Waals surface area (Å²) in [6, 6.07) is 10.7. The van der Waals surface area contributed by atoms with E-state index in [1.807, 2.05) is 6.07 Å². The molecule has 0 fully saturated rings. The smallest absolute Gasteiger partial charge is 0.185 e. The van der Waals surface area contributed by atoms with Crippen LogP contribution in [0.4, 0.5) is 4.39 Å². The second-order valence-corrected chi connectivity index (χ2v) is 5.09. The van der Waals surface area contributed by atoms with E-state index in [1.165, 1.54) is 25.3 Å². The zero-order valence-corrected chi connectivity index (χ0v) is 13.5. The molecule has 0 atom stereocenters. The Morgan fingerprint density at radius 2 is 2.08 bits per heavy atom. The molecule has 122 valence electrons. The van der Waals surface area contributed by atoms with Crippen LogP contribution in [-0.2, 0) is 0 Å². The predicted octanol–water partition coefficient (Wildman–Crippen LogP) is 4.29. The van der Waals surface area contributed by atoms with Crippen LogP contribution in [0.15, 0.2) is 42.5 Å². The Balaban J connectivity index is 2.17. The molecule has 0 radical (unpaired) electrons. The average Bonchev–Trinajstić information content (AvgIpc) is 2.60. The molecule has 2 aromatic rings. The second-order valence-electron chi connectivity index (χ2n) is 4.68. The number of methoxy groups -OCH3 is 1. The van der Waals surface area contributed by atoms with Gasteiger partial charge in [-0.2, -0.15) is 5.26 Å². The molecular formula is C18H13ClFNO3. The number of ketones is 1. The highest BCUT2D eigenvalue weighted by Crippen LogP contribution is 2.28. The molecule has 0 aliphatic heterocycles. The number of benzene rings is 2. The first-order valence-electron chi connectivity index (χ1n) is 6.90. The molecular weight excluding hydrogens is 333 g/mol. The minimum absolute atomic E-state index is 0.0879. The lowest BCUT2D eigenvalue weighted by atomic mass is 10.1. The van der Waals surface area contributed by atoms with Crippen molar-refractivity contribution in [1.82, 2.24) is 0 Å². The highest BCUT2D eigenvalue weighted by molar-refractivity contribution is 6.31. The molecule has 4 nitrogen and oxygen atoms in total. The van der Waals surface area contributed by atoms with Gasteiger partial charge in [0, 0.05) is 5.56 Å². The summed E-state index contributed by atoms with van der Waals surface area (Å²) in [4.78, 5) is 12.1. The zero-order chi connectivity index (χ0) is 17.5. The lowest BCUT2D eigenvalue weighted by molar-refractivity contribution is 0.104. The van der Waals surface area contributed by atoms with Gasteiger partial charge < -0.3 is 9.47 Å². The van der Waals surface area contributed by atoms with E-state index in [9.17, 15) is 9.18 Å². The van der Waals surface area contributed by atoms with Gasteiger partial charge in [-0.15, -0.1) is 0 Å². The molecule has 2 aromatic carbocycles. The van der Waals surface area contributed by atoms with Crippen molar-refractivity contribution < 1.29 is 18.7 Å². The van der Waals surface area contributed by atoms with Gasteiger partial charge in [0.1, 0.15) is 11.9 Å². The van der Waals surface area contributed by atoms with Crippen molar-refractivity contribution in [2.24, 2.45) is 0 Å². The van der Waals surface area contributed by atoms with Gasteiger partial charge in [0.05, 0.1) is 12.1 Å². The summed E-state index contributed by atoms with van der Waals surface area (Å²) < 4.78 is 23.5. The largest absolute Gasteiger partial charge is 0.493 e. The van der Waals surface area contributed by atoms with Crippen molar-refractivity contribution in [1.29, 1.82) is 5.26 Å². The fraction of sp³-hybridized carbons (Fsp3) is 0.111. The number of hydrogen-bond acceptors (Lipinski definition) is 4. The third-order valence-corrected chi connectivity index (χ3v) is 3.40. The highest BCUT2D eigenvalue weighted by atomic mass is 35.5. The molecule has 0 spiro atoms. The summed E-state index contributed by atoms with van der Waals surface area (Å²) in [5, 5.41) is 8.44. The van der Waals surface area contributed by atoms with Crippen LogP contribution in [0, 0.1) is 17.1 Å². The van der Waals surface area contributed by atoms with E-state index in [0.717, 1.165) is 6.07 Å². The molecule has 0 N–H and O–H groups in total. The van der Waals surface area contributed by atoms with Gasteiger partial charge >= 0.3 is 0 Å². The third kappa shape index (κ3) is 4.34. The van der Waals surface area contributed by atoms with Crippen LogP contribution in [-0.4, -0.2) is 19.5 Å². The first kappa shape index (κ1) is 17.5. The maximum absolute atomic E-state index is 13.1. The lowest BCUT2D eigenvalue weighted by Crippen LogP contribution is -1.97. The van der Waals surface area contributed by atoms with E-state index in [0.29, 0.717) is 22.6 Å². The van der Waals surface area contributed by atoms with Crippen molar-refractivity contribution in [3.8, 4) is 17.6 Å². The maximum Gasteiger partial charge on any atom is 0.185 e. The van der Waals surface area contributed by atoms with Crippen LogP contribution in [0.2, 0.25) is 5.02 Å². The standard InChI is InChI=1S/C18H13ClFNO3/c1-23-18-10-12(3-7-17(18)24-9-8-21)2-6-16(22)13-4-5-15(20)14(19)11-13/h2-7,10-11H,9H2,1H3. The fourth-order valence-corrected chi connectivity index (χ4v) is 2.12. The predicted molar refractivity (Wildman–Crippen MR) is 88.9 cm³/mol. The van der Waals surface area contributed by atoms with Crippen molar-refractivity contribution in [3.05, 3.63) is 64.4 Å². The number of halogens is 2. The quantitative estimate of drug-likeness (QED) is 0.579. The number of allylic oxidation sites excluding steroid dienone is 1. The Labute approximate surface area is 143 Å². The summed E-state index contributed by atoms with van der Waals surface area (Å²) in [7, 11) is 1.48. The van der Waals surface area contributed by atoms with Gasteiger partial charge in [-0.3, -0.25) is 4.79 Å². The Hall–Kier alpha value is -2.84. The molecule has 0 unspecified atom stereocenters.